The highest BCUT2D eigenvalue weighted by atomic mass is 35.5. The third-order valence-electron chi connectivity index (χ3n) is 5.54. The molecule has 0 amide bonds. The second-order valence-corrected chi connectivity index (χ2v) is 11.0. The van der Waals surface area contributed by atoms with Gasteiger partial charge in [-0.2, -0.15) is 4.31 Å². The van der Waals surface area contributed by atoms with Crippen LogP contribution < -0.4 is 5.32 Å². The van der Waals surface area contributed by atoms with Crippen molar-refractivity contribution in [2.24, 2.45) is 0 Å². The van der Waals surface area contributed by atoms with Gasteiger partial charge in [0, 0.05) is 30.7 Å². The van der Waals surface area contributed by atoms with Gasteiger partial charge < -0.3 is 15.3 Å². The lowest BCUT2D eigenvalue weighted by atomic mass is 10.0. The number of nitrogens with zero attached hydrogens (tertiary/aromatic N) is 2. The standard InChI is InChI=1S/C23H30ClN3O4S/c1-26(2)16-21(13-17-6-8-20(24)9-7-17)25-14-18-4-3-5-19(12-18)15-27-22(23(28)29)10-11-32(27,30)31/h3-9,12,21-22,25H,10-11,13-16H2,1-2H3,(H,28,29). The van der Waals surface area contributed by atoms with Crippen molar-refractivity contribution in [1.29, 1.82) is 0 Å². The Morgan fingerprint density at radius 3 is 2.53 bits per heavy atom. The van der Waals surface area contributed by atoms with E-state index in [1.165, 1.54) is 5.56 Å². The average Bonchev–Trinajstić information content (AvgIpc) is 3.02. The van der Waals surface area contributed by atoms with Crippen molar-refractivity contribution in [1.82, 2.24) is 14.5 Å². The Balaban J connectivity index is 1.67. The molecule has 32 heavy (non-hydrogen) atoms. The molecule has 0 spiro atoms. The molecule has 2 aromatic carbocycles. The van der Waals surface area contributed by atoms with E-state index < -0.39 is 22.0 Å². The fourth-order valence-electron chi connectivity index (χ4n) is 4.00. The van der Waals surface area contributed by atoms with Crippen molar-refractivity contribution in [2.45, 2.75) is 38.0 Å². The molecule has 1 aliphatic heterocycles. The molecule has 2 N–H and O–H groups in total. The van der Waals surface area contributed by atoms with Crippen molar-refractivity contribution in [3.05, 3.63) is 70.2 Å². The fraction of sp³-hybridized carbons (Fsp3) is 0.435. The number of carbonyl (C=O) groups is 1. The number of benzene rings is 2. The molecule has 0 aromatic heterocycles. The third-order valence-corrected chi connectivity index (χ3v) is 7.65. The van der Waals surface area contributed by atoms with Crippen LogP contribution in [-0.2, 0) is 34.3 Å². The minimum atomic E-state index is -3.55. The molecule has 2 unspecified atom stereocenters. The molecule has 1 aliphatic rings. The summed E-state index contributed by atoms with van der Waals surface area (Å²) in [7, 11) is 0.521. The van der Waals surface area contributed by atoms with Gasteiger partial charge in [0.05, 0.1) is 5.75 Å². The summed E-state index contributed by atoms with van der Waals surface area (Å²) in [6, 6.07) is 14.7. The number of hydrogen-bond acceptors (Lipinski definition) is 5. The zero-order valence-electron chi connectivity index (χ0n) is 18.4. The van der Waals surface area contributed by atoms with Crippen molar-refractivity contribution < 1.29 is 18.3 Å². The van der Waals surface area contributed by atoms with Crippen molar-refractivity contribution >= 4 is 27.6 Å². The van der Waals surface area contributed by atoms with Crippen molar-refractivity contribution in [3.8, 4) is 0 Å². The highest BCUT2D eigenvalue weighted by molar-refractivity contribution is 7.89. The van der Waals surface area contributed by atoms with E-state index in [-0.39, 0.29) is 24.8 Å². The van der Waals surface area contributed by atoms with Gasteiger partial charge in [-0.15, -0.1) is 0 Å². The summed E-state index contributed by atoms with van der Waals surface area (Å²) < 4.78 is 25.7. The summed E-state index contributed by atoms with van der Waals surface area (Å²) >= 11 is 6.00. The van der Waals surface area contributed by atoms with Crippen LogP contribution >= 0.6 is 11.6 Å². The van der Waals surface area contributed by atoms with Crippen LogP contribution in [-0.4, -0.2) is 67.2 Å². The van der Waals surface area contributed by atoms with Crippen LogP contribution in [0.2, 0.25) is 5.02 Å². The summed E-state index contributed by atoms with van der Waals surface area (Å²) in [4.78, 5) is 13.6. The second-order valence-electron chi connectivity index (χ2n) is 8.49. The molecule has 7 nitrogen and oxygen atoms in total. The van der Waals surface area contributed by atoms with E-state index in [1.807, 2.05) is 62.6 Å². The Morgan fingerprint density at radius 1 is 1.19 bits per heavy atom. The number of sulfonamides is 1. The van der Waals surface area contributed by atoms with E-state index in [9.17, 15) is 18.3 Å². The summed E-state index contributed by atoms with van der Waals surface area (Å²) in [6.07, 6.45) is 0.969. The van der Waals surface area contributed by atoms with Gasteiger partial charge in [-0.05, 0) is 55.8 Å². The summed E-state index contributed by atoms with van der Waals surface area (Å²) in [5.41, 5.74) is 3.00. The third kappa shape index (κ3) is 6.76. The number of aliphatic carboxylic acids is 1. The lowest BCUT2D eigenvalue weighted by Crippen LogP contribution is -2.39. The van der Waals surface area contributed by atoms with Gasteiger partial charge in [0.25, 0.3) is 0 Å². The monoisotopic (exact) mass is 479 g/mol. The molecule has 1 saturated heterocycles. The van der Waals surface area contributed by atoms with E-state index in [0.717, 1.165) is 28.4 Å². The molecule has 2 atom stereocenters. The van der Waals surface area contributed by atoms with E-state index >= 15 is 0 Å². The van der Waals surface area contributed by atoms with Gasteiger partial charge in [-0.1, -0.05) is 48.0 Å². The van der Waals surface area contributed by atoms with E-state index in [2.05, 4.69) is 10.2 Å². The zero-order valence-corrected chi connectivity index (χ0v) is 19.9. The summed E-state index contributed by atoms with van der Waals surface area (Å²) in [5, 5.41) is 13.7. The van der Waals surface area contributed by atoms with E-state index in [0.29, 0.717) is 11.6 Å². The highest BCUT2D eigenvalue weighted by Gasteiger charge is 2.41. The minimum Gasteiger partial charge on any atom is -0.480 e. The van der Waals surface area contributed by atoms with Crippen LogP contribution in [0.5, 0.6) is 0 Å². The maximum absolute atomic E-state index is 12.3. The smallest absolute Gasteiger partial charge is 0.322 e. The zero-order chi connectivity index (χ0) is 23.3. The van der Waals surface area contributed by atoms with E-state index in [4.69, 9.17) is 11.6 Å². The molecule has 1 heterocycles. The number of likely N-dealkylation sites (N-methyl/N-ethyl adjacent to an activating group) is 1. The average molecular weight is 480 g/mol. The predicted octanol–water partition coefficient (Wildman–Crippen LogP) is 2.59. The number of carboxylic acid groups (broad SMARTS) is 1. The maximum Gasteiger partial charge on any atom is 0.322 e. The molecule has 2 aromatic rings. The number of nitrogens with one attached hydrogen (secondary N) is 1. The van der Waals surface area contributed by atoms with Crippen LogP contribution in [0.4, 0.5) is 0 Å². The number of halogens is 1. The molecule has 9 heteroatoms. The van der Waals surface area contributed by atoms with Crippen LogP contribution in [0.1, 0.15) is 23.1 Å². The largest absolute Gasteiger partial charge is 0.480 e. The Hall–Kier alpha value is -1.97. The molecular formula is C23H30ClN3O4S. The number of rotatable bonds is 10. The predicted molar refractivity (Wildman–Crippen MR) is 126 cm³/mol. The molecule has 0 bridgehead atoms. The quantitative estimate of drug-likeness (QED) is 0.544. The van der Waals surface area contributed by atoms with Gasteiger partial charge >= 0.3 is 5.97 Å². The van der Waals surface area contributed by atoms with E-state index in [1.54, 1.807) is 0 Å². The summed E-state index contributed by atoms with van der Waals surface area (Å²) in [5.74, 6) is -1.22. The topological polar surface area (TPSA) is 89.9 Å². The normalized spacial score (nSPS) is 19.3. The van der Waals surface area contributed by atoms with Crippen molar-refractivity contribution in [2.75, 3.05) is 26.4 Å². The first-order chi connectivity index (χ1) is 15.1. The highest BCUT2D eigenvalue weighted by Crippen LogP contribution is 2.24. The molecular weight excluding hydrogens is 450 g/mol. The lowest BCUT2D eigenvalue weighted by molar-refractivity contribution is -0.141. The molecule has 0 aliphatic carbocycles. The van der Waals surface area contributed by atoms with Gasteiger partial charge in [-0.25, -0.2) is 8.42 Å². The van der Waals surface area contributed by atoms with Crippen LogP contribution in [0.3, 0.4) is 0 Å². The SMILES string of the molecule is CN(C)CC(Cc1ccc(Cl)cc1)NCc1cccc(CN2C(C(=O)O)CCS2(=O)=O)c1. The molecule has 0 radical (unpaired) electrons. The lowest BCUT2D eigenvalue weighted by Gasteiger charge is -2.23. The van der Waals surface area contributed by atoms with Crippen LogP contribution in [0.25, 0.3) is 0 Å². The first-order valence-electron chi connectivity index (χ1n) is 10.6. The Labute approximate surface area is 195 Å². The Kier molecular flexibility index (Phi) is 8.30. The summed E-state index contributed by atoms with van der Waals surface area (Å²) in [6.45, 7) is 1.54. The number of carboxylic acids is 1. The second kappa shape index (κ2) is 10.8. The molecule has 1 fully saturated rings. The first kappa shape index (κ1) is 24.7. The minimum absolute atomic E-state index is 0.0685. The first-order valence-corrected chi connectivity index (χ1v) is 12.6. The van der Waals surface area contributed by atoms with Gasteiger partial charge in [-0.3, -0.25) is 4.79 Å². The number of hydrogen-bond donors (Lipinski definition) is 2. The molecule has 174 valence electrons. The van der Waals surface area contributed by atoms with Crippen LogP contribution in [0, 0.1) is 0 Å². The van der Waals surface area contributed by atoms with Gasteiger partial charge in [0.2, 0.25) is 10.0 Å². The van der Waals surface area contributed by atoms with Crippen molar-refractivity contribution in [3.63, 3.8) is 0 Å². The molecule has 3 rings (SSSR count). The Morgan fingerprint density at radius 2 is 1.88 bits per heavy atom. The fourth-order valence-corrected chi connectivity index (χ4v) is 5.81. The van der Waals surface area contributed by atoms with Gasteiger partial charge in [0.1, 0.15) is 6.04 Å². The van der Waals surface area contributed by atoms with Crippen LogP contribution in [0.15, 0.2) is 48.5 Å². The maximum atomic E-state index is 12.3. The van der Waals surface area contributed by atoms with Gasteiger partial charge in [0.15, 0.2) is 0 Å². The Bertz CT molecular complexity index is 1030. The molecule has 0 saturated carbocycles.